The standard InChI is InChI=1S/C26H19N3O4S/c1-32-25-13-19(10-11-24(25)33-16-18-6-3-2-4-7-18)12-21(15-27)26-28-23(17-34-26)20-8-5-9-22(14-20)29(30)31/h2-14,17H,16H2,1H3/b21-12+. The van der Waals surface area contributed by atoms with E-state index < -0.39 is 4.92 Å². The van der Waals surface area contributed by atoms with Crippen molar-refractivity contribution >= 4 is 28.7 Å². The zero-order valence-corrected chi connectivity index (χ0v) is 19.0. The van der Waals surface area contributed by atoms with Gasteiger partial charge in [0.25, 0.3) is 5.69 Å². The van der Waals surface area contributed by atoms with Gasteiger partial charge in [-0.25, -0.2) is 4.98 Å². The van der Waals surface area contributed by atoms with Crippen LogP contribution >= 0.6 is 11.3 Å². The molecule has 7 nitrogen and oxygen atoms in total. The van der Waals surface area contributed by atoms with Gasteiger partial charge in [-0.3, -0.25) is 10.1 Å². The summed E-state index contributed by atoms with van der Waals surface area (Å²) in [7, 11) is 1.57. The molecule has 1 aromatic heterocycles. The summed E-state index contributed by atoms with van der Waals surface area (Å²) in [6.07, 6.45) is 1.72. The van der Waals surface area contributed by atoms with Gasteiger partial charge in [0.05, 0.1) is 23.3 Å². The molecular weight excluding hydrogens is 450 g/mol. The predicted octanol–water partition coefficient (Wildman–Crippen LogP) is 6.37. The molecule has 0 spiro atoms. The van der Waals surface area contributed by atoms with Crippen molar-refractivity contribution in [2.75, 3.05) is 7.11 Å². The van der Waals surface area contributed by atoms with E-state index in [1.165, 1.54) is 23.5 Å². The Labute approximate surface area is 200 Å². The van der Waals surface area contributed by atoms with Crippen molar-refractivity contribution in [2.24, 2.45) is 0 Å². The molecule has 34 heavy (non-hydrogen) atoms. The first-order valence-corrected chi connectivity index (χ1v) is 11.1. The fourth-order valence-electron chi connectivity index (χ4n) is 3.25. The Hall–Kier alpha value is -4.48. The van der Waals surface area contributed by atoms with E-state index in [1.807, 2.05) is 36.4 Å². The molecule has 8 heteroatoms. The highest BCUT2D eigenvalue weighted by molar-refractivity contribution is 7.11. The van der Waals surface area contributed by atoms with Gasteiger partial charge in [-0.2, -0.15) is 5.26 Å². The normalized spacial score (nSPS) is 11.0. The second kappa shape index (κ2) is 10.4. The van der Waals surface area contributed by atoms with E-state index in [-0.39, 0.29) is 5.69 Å². The SMILES string of the molecule is COc1cc(/C=C(\C#N)c2nc(-c3cccc([N+](=O)[O-])c3)cs2)ccc1OCc1ccccc1. The summed E-state index contributed by atoms with van der Waals surface area (Å²) in [4.78, 5) is 15.1. The van der Waals surface area contributed by atoms with Crippen molar-refractivity contribution < 1.29 is 14.4 Å². The van der Waals surface area contributed by atoms with E-state index in [0.29, 0.717) is 39.9 Å². The first-order chi connectivity index (χ1) is 16.6. The van der Waals surface area contributed by atoms with Crippen LogP contribution in [-0.4, -0.2) is 17.0 Å². The number of non-ortho nitro benzene ring substituents is 1. The molecule has 0 unspecified atom stereocenters. The molecule has 4 aromatic rings. The smallest absolute Gasteiger partial charge is 0.270 e. The van der Waals surface area contributed by atoms with Gasteiger partial charge in [0, 0.05) is 23.1 Å². The van der Waals surface area contributed by atoms with Crippen LogP contribution in [-0.2, 0) is 6.61 Å². The van der Waals surface area contributed by atoms with Crippen molar-refractivity contribution in [1.82, 2.24) is 4.98 Å². The maximum atomic E-state index is 11.1. The Bertz CT molecular complexity index is 1390. The molecule has 0 aliphatic heterocycles. The Morgan fingerprint density at radius 2 is 1.94 bits per heavy atom. The number of nitriles is 1. The first kappa shape index (κ1) is 22.7. The number of benzene rings is 3. The molecule has 0 saturated heterocycles. The number of methoxy groups -OCH3 is 1. The first-order valence-electron chi connectivity index (χ1n) is 10.2. The average molecular weight is 470 g/mol. The van der Waals surface area contributed by atoms with Gasteiger partial charge in [-0.15, -0.1) is 11.3 Å². The second-order valence-electron chi connectivity index (χ2n) is 7.20. The van der Waals surface area contributed by atoms with Crippen LogP contribution in [0, 0.1) is 21.4 Å². The lowest BCUT2D eigenvalue weighted by Crippen LogP contribution is -1.97. The minimum Gasteiger partial charge on any atom is -0.493 e. The van der Waals surface area contributed by atoms with Gasteiger partial charge in [-0.1, -0.05) is 48.5 Å². The minimum atomic E-state index is -0.446. The predicted molar refractivity (Wildman–Crippen MR) is 131 cm³/mol. The number of allylic oxidation sites excluding steroid dienone is 1. The molecule has 0 radical (unpaired) electrons. The number of nitro groups is 1. The molecule has 0 saturated carbocycles. The Kier molecular flexibility index (Phi) is 6.96. The quantitative estimate of drug-likeness (QED) is 0.169. The second-order valence-corrected chi connectivity index (χ2v) is 8.06. The number of thiazole rings is 1. The van der Waals surface area contributed by atoms with Crippen LogP contribution < -0.4 is 9.47 Å². The van der Waals surface area contributed by atoms with Crippen LogP contribution in [0.3, 0.4) is 0 Å². The van der Waals surface area contributed by atoms with Gasteiger partial charge in [-0.05, 0) is 29.3 Å². The summed E-state index contributed by atoms with van der Waals surface area (Å²) >= 11 is 1.30. The van der Waals surface area contributed by atoms with E-state index in [2.05, 4.69) is 11.1 Å². The molecule has 0 bridgehead atoms. The van der Waals surface area contributed by atoms with Crippen LogP contribution in [0.2, 0.25) is 0 Å². The molecule has 0 fully saturated rings. The molecule has 0 amide bonds. The number of aromatic nitrogens is 1. The molecule has 168 valence electrons. The molecule has 0 N–H and O–H groups in total. The molecular formula is C26H19N3O4S. The Morgan fingerprint density at radius 3 is 2.68 bits per heavy atom. The molecule has 0 aliphatic carbocycles. The third kappa shape index (κ3) is 5.28. The maximum absolute atomic E-state index is 11.1. The van der Waals surface area contributed by atoms with Crippen LogP contribution in [0.5, 0.6) is 11.5 Å². The fraction of sp³-hybridized carbons (Fsp3) is 0.0769. The summed E-state index contributed by atoms with van der Waals surface area (Å²) in [5, 5.41) is 23.1. The van der Waals surface area contributed by atoms with Crippen LogP contribution in [0.4, 0.5) is 5.69 Å². The highest BCUT2D eigenvalue weighted by Gasteiger charge is 2.13. The van der Waals surface area contributed by atoms with Gasteiger partial charge >= 0.3 is 0 Å². The third-order valence-corrected chi connectivity index (χ3v) is 5.82. The van der Waals surface area contributed by atoms with E-state index in [4.69, 9.17) is 9.47 Å². The van der Waals surface area contributed by atoms with Crippen molar-refractivity contribution in [1.29, 1.82) is 5.26 Å². The summed E-state index contributed by atoms with van der Waals surface area (Å²) in [5.41, 5.74) is 3.37. The number of ether oxygens (including phenoxy) is 2. The molecule has 0 aliphatic rings. The fourth-order valence-corrected chi connectivity index (χ4v) is 4.04. The molecule has 3 aromatic carbocycles. The number of hydrogen-bond acceptors (Lipinski definition) is 7. The molecule has 1 heterocycles. The zero-order chi connectivity index (χ0) is 23.9. The third-order valence-electron chi connectivity index (χ3n) is 4.94. The lowest BCUT2D eigenvalue weighted by molar-refractivity contribution is -0.384. The largest absolute Gasteiger partial charge is 0.493 e. The maximum Gasteiger partial charge on any atom is 0.270 e. The van der Waals surface area contributed by atoms with Gasteiger partial charge in [0.2, 0.25) is 0 Å². The van der Waals surface area contributed by atoms with Gasteiger partial charge < -0.3 is 9.47 Å². The highest BCUT2D eigenvalue weighted by atomic mass is 32.1. The van der Waals surface area contributed by atoms with Crippen molar-refractivity contribution in [3.63, 3.8) is 0 Å². The number of nitrogens with zero attached hydrogens (tertiary/aromatic N) is 3. The molecule has 0 atom stereocenters. The lowest BCUT2D eigenvalue weighted by atomic mass is 10.1. The van der Waals surface area contributed by atoms with Crippen molar-refractivity contribution in [2.45, 2.75) is 6.61 Å². The zero-order valence-electron chi connectivity index (χ0n) is 18.2. The van der Waals surface area contributed by atoms with Gasteiger partial charge in [0.15, 0.2) is 11.5 Å². The summed E-state index contributed by atoms with van der Waals surface area (Å²) in [6, 6.07) is 23.7. The van der Waals surface area contributed by atoms with Crippen molar-refractivity contribution in [3.05, 3.63) is 104 Å². The number of hydrogen-bond donors (Lipinski definition) is 0. The van der Waals surface area contributed by atoms with E-state index in [0.717, 1.165) is 11.1 Å². The average Bonchev–Trinajstić information content (AvgIpc) is 3.37. The van der Waals surface area contributed by atoms with E-state index >= 15 is 0 Å². The highest BCUT2D eigenvalue weighted by Crippen LogP contribution is 2.32. The topological polar surface area (TPSA) is 98.3 Å². The van der Waals surface area contributed by atoms with Crippen LogP contribution in [0.15, 0.2) is 78.2 Å². The Morgan fingerprint density at radius 1 is 1.12 bits per heavy atom. The molecule has 4 rings (SSSR count). The summed E-state index contributed by atoms with van der Waals surface area (Å²) in [5.74, 6) is 1.16. The minimum absolute atomic E-state index is 0.00948. The summed E-state index contributed by atoms with van der Waals surface area (Å²) < 4.78 is 11.4. The monoisotopic (exact) mass is 469 g/mol. The van der Waals surface area contributed by atoms with Crippen molar-refractivity contribution in [3.8, 4) is 28.8 Å². The lowest BCUT2D eigenvalue weighted by Gasteiger charge is -2.11. The van der Waals surface area contributed by atoms with E-state index in [9.17, 15) is 15.4 Å². The Balaban J connectivity index is 1.56. The van der Waals surface area contributed by atoms with Crippen LogP contribution in [0.25, 0.3) is 22.9 Å². The van der Waals surface area contributed by atoms with E-state index in [1.54, 1.807) is 42.8 Å². The van der Waals surface area contributed by atoms with Gasteiger partial charge in [0.1, 0.15) is 17.7 Å². The summed E-state index contributed by atoms with van der Waals surface area (Å²) in [6.45, 7) is 0.412. The number of nitro benzene ring substituents is 1. The van der Waals surface area contributed by atoms with Crippen LogP contribution in [0.1, 0.15) is 16.1 Å². The number of rotatable bonds is 8.